The van der Waals surface area contributed by atoms with E-state index in [9.17, 15) is 4.79 Å². The topological polar surface area (TPSA) is 89.9 Å². The molecule has 0 saturated heterocycles. The van der Waals surface area contributed by atoms with Crippen molar-refractivity contribution in [2.24, 2.45) is 5.11 Å². The summed E-state index contributed by atoms with van der Waals surface area (Å²) in [7, 11) is 0. The number of carbonyl (C=O) groups is 1. The van der Waals surface area contributed by atoms with E-state index in [0.29, 0.717) is 6.54 Å². The zero-order valence-electron chi connectivity index (χ0n) is 15.5. The van der Waals surface area contributed by atoms with Crippen molar-refractivity contribution in [3.63, 3.8) is 0 Å². The van der Waals surface area contributed by atoms with Crippen LogP contribution in [0, 0.1) is 0 Å². The molecule has 2 N–H and O–H groups in total. The summed E-state index contributed by atoms with van der Waals surface area (Å²) in [6.45, 7) is 3.97. The van der Waals surface area contributed by atoms with Gasteiger partial charge in [0.2, 0.25) is 5.91 Å². The molecule has 0 saturated carbocycles. The van der Waals surface area contributed by atoms with Gasteiger partial charge in [0.25, 0.3) is 0 Å². The van der Waals surface area contributed by atoms with Crippen molar-refractivity contribution in [2.45, 2.75) is 32.4 Å². The van der Waals surface area contributed by atoms with Crippen LogP contribution in [0.3, 0.4) is 0 Å². The van der Waals surface area contributed by atoms with Crippen molar-refractivity contribution in [1.82, 2.24) is 10.6 Å². The van der Waals surface area contributed by atoms with Crippen molar-refractivity contribution in [3.05, 3.63) is 70.6 Å². The zero-order chi connectivity index (χ0) is 18.6. The summed E-state index contributed by atoms with van der Waals surface area (Å²) >= 11 is 0. The molecule has 2 rings (SSSR count). The van der Waals surface area contributed by atoms with Gasteiger partial charge in [0.15, 0.2) is 0 Å². The lowest BCUT2D eigenvalue weighted by Gasteiger charge is -2.08. The van der Waals surface area contributed by atoms with Gasteiger partial charge in [-0.15, -0.1) is 12.4 Å². The van der Waals surface area contributed by atoms with E-state index >= 15 is 0 Å². The molecule has 0 heterocycles. The third-order valence-electron chi connectivity index (χ3n) is 3.97. The van der Waals surface area contributed by atoms with Gasteiger partial charge in [-0.05, 0) is 35.2 Å². The van der Waals surface area contributed by atoms with Crippen LogP contribution in [0.15, 0.2) is 59.7 Å². The minimum absolute atomic E-state index is 0. The number of azide groups is 1. The van der Waals surface area contributed by atoms with Gasteiger partial charge >= 0.3 is 0 Å². The molecule has 1 atom stereocenters. The first-order valence-corrected chi connectivity index (χ1v) is 8.85. The summed E-state index contributed by atoms with van der Waals surface area (Å²) < 4.78 is 0. The second-order valence-electron chi connectivity index (χ2n) is 6.20. The van der Waals surface area contributed by atoms with E-state index in [2.05, 4.69) is 57.1 Å². The van der Waals surface area contributed by atoms with Crippen LogP contribution in [-0.4, -0.2) is 25.0 Å². The van der Waals surface area contributed by atoms with E-state index in [-0.39, 0.29) is 30.8 Å². The Kier molecular flexibility index (Phi) is 10.6. The molecule has 0 bridgehead atoms. The molecule has 2 aromatic rings. The largest absolute Gasteiger partial charge is 0.356 e. The summed E-state index contributed by atoms with van der Waals surface area (Å²) in [5.74, 6) is -0.0820. The fourth-order valence-corrected chi connectivity index (χ4v) is 2.59. The van der Waals surface area contributed by atoms with Gasteiger partial charge in [0, 0.05) is 30.5 Å². The molecule has 7 heteroatoms. The first kappa shape index (κ1) is 22.5. The summed E-state index contributed by atoms with van der Waals surface area (Å²) in [6.07, 6.45) is 1.08. The lowest BCUT2D eigenvalue weighted by molar-refractivity contribution is -0.121. The minimum atomic E-state index is -0.308. The number of amides is 1. The number of halogens is 1. The molecule has 2 aromatic carbocycles. The van der Waals surface area contributed by atoms with E-state index in [1.807, 2.05) is 18.2 Å². The molecular formula is C20H26ClN5O. The molecule has 27 heavy (non-hydrogen) atoms. The maximum absolute atomic E-state index is 11.6. The average Bonchev–Trinajstić information content (AvgIpc) is 2.66. The SMILES string of the molecule is CC(CC(=O)NCCCNCc1ccc(-c2ccccc2)cc1)N=[N+]=[N-].Cl. The van der Waals surface area contributed by atoms with Crippen LogP contribution in [0.5, 0.6) is 0 Å². The molecule has 6 nitrogen and oxygen atoms in total. The molecule has 0 aliphatic heterocycles. The number of hydrogen-bond donors (Lipinski definition) is 2. The number of nitrogens with one attached hydrogen (secondary N) is 2. The molecule has 0 spiro atoms. The normalized spacial score (nSPS) is 11.0. The third kappa shape index (κ3) is 8.60. The highest BCUT2D eigenvalue weighted by Crippen LogP contribution is 2.19. The van der Waals surface area contributed by atoms with Crippen LogP contribution in [0.1, 0.15) is 25.3 Å². The first-order chi connectivity index (χ1) is 12.7. The summed E-state index contributed by atoms with van der Waals surface area (Å²) in [4.78, 5) is 14.3. The summed E-state index contributed by atoms with van der Waals surface area (Å²) in [5, 5.41) is 9.70. The van der Waals surface area contributed by atoms with Crippen LogP contribution < -0.4 is 10.6 Å². The number of rotatable bonds is 10. The Morgan fingerprint density at radius 3 is 2.41 bits per heavy atom. The Labute approximate surface area is 166 Å². The fraction of sp³-hybridized carbons (Fsp3) is 0.350. The average molecular weight is 388 g/mol. The maximum Gasteiger partial charge on any atom is 0.220 e. The molecule has 0 radical (unpaired) electrons. The van der Waals surface area contributed by atoms with Crippen molar-refractivity contribution < 1.29 is 4.79 Å². The fourth-order valence-electron chi connectivity index (χ4n) is 2.59. The van der Waals surface area contributed by atoms with Crippen molar-refractivity contribution in [3.8, 4) is 11.1 Å². The van der Waals surface area contributed by atoms with Crippen molar-refractivity contribution in [1.29, 1.82) is 0 Å². The quantitative estimate of drug-likeness (QED) is 0.273. The standard InChI is InChI=1S/C20H25N5O.ClH/c1-16(24-25-21)14-20(26)23-13-5-12-22-15-17-8-10-19(11-9-17)18-6-3-2-4-7-18;/h2-4,6-11,16,22H,5,12-15H2,1H3,(H,23,26);1H. The van der Waals surface area contributed by atoms with Crippen LogP contribution in [-0.2, 0) is 11.3 Å². The Morgan fingerprint density at radius 1 is 1.07 bits per heavy atom. The van der Waals surface area contributed by atoms with Gasteiger partial charge in [0.1, 0.15) is 0 Å². The molecule has 1 amide bonds. The monoisotopic (exact) mass is 387 g/mol. The lowest BCUT2D eigenvalue weighted by atomic mass is 10.0. The number of nitrogens with zero attached hydrogens (tertiary/aromatic N) is 3. The first-order valence-electron chi connectivity index (χ1n) is 8.85. The molecule has 0 aliphatic carbocycles. The smallest absolute Gasteiger partial charge is 0.220 e. The van der Waals surface area contributed by atoms with Gasteiger partial charge in [-0.2, -0.15) is 0 Å². The number of carbonyl (C=O) groups excluding carboxylic acids is 1. The second-order valence-corrected chi connectivity index (χ2v) is 6.20. The van der Waals surface area contributed by atoms with Gasteiger partial charge < -0.3 is 10.6 Å². The Bertz CT molecular complexity index is 730. The lowest BCUT2D eigenvalue weighted by Crippen LogP contribution is -2.28. The van der Waals surface area contributed by atoms with Crippen LogP contribution in [0.2, 0.25) is 0 Å². The van der Waals surface area contributed by atoms with Gasteiger partial charge in [0.05, 0.1) is 0 Å². The van der Waals surface area contributed by atoms with Gasteiger partial charge in [-0.1, -0.05) is 66.6 Å². The molecular weight excluding hydrogens is 362 g/mol. The van der Waals surface area contributed by atoms with E-state index in [1.165, 1.54) is 16.7 Å². The van der Waals surface area contributed by atoms with Gasteiger partial charge in [-0.3, -0.25) is 4.79 Å². The van der Waals surface area contributed by atoms with Crippen molar-refractivity contribution in [2.75, 3.05) is 13.1 Å². The second kappa shape index (κ2) is 12.8. The van der Waals surface area contributed by atoms with Crippen LogP contribution >= 0.6 is 12.4 Å². The Hall–Kier alpha value is -2.53. The Balaban J connectivity index is 0.00000364. The minimum Gasteiger partial charge on any atom is -0.356 e. The van der Waals surface area contributed by atoms with Crippen molar-refractivity contribution >= 4 is 18.3 Å². The van der Waals surface area contributed by atoms with Crippen LogP contribution in [0.25, 0.3) is 21.6 Å². The molecule has 1 unspecified atom stereocenters. The summed E-state index contributed by atoms with van der Waals surface area (Å²) in [6, 6.07) is 18.5. The predicted octanol–water partition coefficient (Wildman–Crippen LogP) is 4.46. The number of hydrogen-bond acceptors (Lipinski definition) is 3. The predicted molar refractivity (Wildman–Crippen MR) is 112 cm³/mol. The van der Waals surface area contributed by atoms with Gasteiger partial charge in [-0.25, -0.2) is 0 Å². The Morgan fingerprint density at radius 2 is 1.74 bits per heavy atom. The molecule has 0 aliphatic rings. The maximum atomic E-state index is 11.6. The highest BCUT2D eigenvalue weighted by molar-refractivity contribution is 5.85. The molecule has 0 fully saturated rings. The highest BCUT2D eigenvalue weighted by Gasteiger charge is 2.06. The molecule has 0 aromatic heterocycles. The molecule has 144 valence electrons. The zero-order valence-corrected chi connectivity index (χ0v) is 16.3. The third-order valence-corrected chi connectivity index (χ3v) is 3.97. The number of benzene rings is 2. The summed E-state index contributed by atoms with van der Waals surface area (Å²) in [5.41, 5.74) is 12.0. The van der Waals surface area contributed by atoms with Crippen LogP contribution in [0.4, 0.5) is 0 Å². The van der Waals surface area contributed by atoms with E-state index in [4.69, 9.17) is 5.53 Å². The highest BCUT2D eigenvalue weighted by atomic mass is 35.5. The van der Waals surface area contributed by atoms with E-state index in [1.54, 1.807) is 6.92 Å². The van der Waals surface area contributed by atoms with E-state index < -0.39 is 0 Å². The van der Waals surface area contributed by atoms with E-state index in [0.717, 1.165) is 19.5 Å².